The van der Waals surface area contributed by atoms with Crippen LogP contribution in [0.15, 0.2) is 18.7 Å². The number of rotatable bonds is 5. The minimum atomic E-state index is 0.246. The topological polar surface area (TPSA) is 33.1 Å². The van der Waals surface area contributed by atoms with Crippen LogP contribution in [-0.4, -0.2) is 45.7 Å². The normalized spacial score (nSPS) is 22.6. The summed E-state index contributed by atoms with van der Waals surface area (Å²) in [4.78, 5) is 6.72. The predicted octanol–water partition coefficient (Wildman–Crippen LogP) is 2.37. The lowest BCUT2D eigenvalue weighted by Gasteiger charge is -2.34. The van der Waals surface area contributed by atoms with Crippen LogP contribution in [0, 0.1) is 5.41 Å². The maximum atomic E-state index is 4.15. The minimum Gasteiger partial charge on any atom is -0.336 e. The van der Waals surface area contributed by atoms with Crippen LogP contribution in [0.5, 0.6) is 0 Å². The van der Waals surface area contributed by atoms with Gasteiger partial charge in [-0.05, 0) is 32.2 Å². The Balaban J connectivity index is 1.95. The SMILES string of the molecule is CC(C)N1CCC(NC(Cn2ccnc2)C(C)(C)C)C1. The van der Waals surface area contributed by atoms with Gasteiger partial charge in [-0.25, -0.2) is 4.98 Å². The Morgan fingerprint density at radius 2 is 2.10 bits per heavy atom. The molecule has 1 aromatic rings. The molecule has 4 nitrogen and oxygen atoms in total. The number of hydrogen-bond donors (Lipinski definition) is 1. The van der Waals surface area contributed by atoms with E-state index >= 15 is 0 Å². The third kappa shape index (κ3) is 4.06. The summed E-state index contributed by atoms with van der Waals surface area (Å²) in [6.07, 6.45) is 7.08. The van der Waals surface area contributed by atoms with Crippen LogP contribution in [-0.2, 0) is 6.54 Å². The Kier molecular flexibility index (Phi) is 4.86. The van der Waals surface area contributed by atoms with Gasteiger partial charge in [-0.2, -0.15) is 0 Å². The second-order valence-corrected chi connectivity index (χ2v) is 7.42. The van der Waals surface area contributed by atoms with Crippen molar-refractivity contribution in [3.63, 3.8) is 0 Å². The van der Waals surface area contributed by atoms with Gasteiger partial charge in [0, 0.05) is 43.6 Å². The number of nitrogens with zero attached hydrogens (tertiary/aromatic N) is 3. The van der Waals surface area contributed by atoms with E-state index in [9.17, 15) is 0 Å². The number of aromatic nitrogens is 2. The van der Waals surface area contributed by atoms with Gasteiger partial charge < -0.3 is 9.88 Å². The fourth-order valence-electron chi connectivity index (χ4n) is 2.86. The van der Waals surface area contributed by atoms with Gasteiger partial charge in [0.1, 0.15) is 0 Å². The summed E-state index contributed by atoms with van der Waals surface area (Å²) in [6, 6.07) is 1.74. The van der Waals surface area contributed by atoms with Crippen molar-refractivity contribution in [1.29, 1.82) is 0 Å². The molecule has 0 amide bonds. The van der Waals surface area contributed by atoms with E-state index in [2.05, 4.69) is 60.6 Å². The van der Waals surface area contributed by atoms with E-state index < -0.39 is 0 Å². The summed E-state index contributed by atoms with van der Waals surface area (Å²) in [5.41, 5.74) is 0.246. The summed E-state index contributed by atoms with van der Waals surface area (Å²) < 4.78 is 2.18. The third-order valence-electron chi connectivity index (χ3n) is 4.38. The fraction of sp³-hybridized carbons (Fsp3) is 0.812. The van der Waals surface area contributed by atoms with E-state index in [1.807, 2.05) is 12.5 Å². The van der Waals surface area contributed by atoms with Crippen molar-refractivity contribution in [1.82, 2.24) is 19.8 Å². The molecule has 1 fully saturated rings. The maximum Gasteiger partial charge on any atom is 0.0946 e. The van der Waals surface area contributed by atoms with Crippen LogP contribution in [0.1, 0.15) is 41.0 Å². The Morgan fingerprint density at radius 1 is 1.35 bits per heavy atom. The first-order valence-corrected chi connectivity index (χ1v) is 7.82. The molecule has 1 aliphatic heterocycles. The predicted molar refractivity (Wildman–Crippen MR) is 83.7 cm³/mol. The molecule has 1 aliphatic rings. The summed E-state index contributed by atoms with van der Waals surface area (Å²) in [5, 5.41) is 3.89. The zero-order valence-electron chi connectivity index (χ0n) is 13.6. The van der Waals surface area contributed by atoms with Crippen molar-refractivity contribution in [3.05, 3.63) is 18.7 Å². The molecule has 4 heteroatoms. The summed E-state index contributed by atoms with van der Waals surface area (Å²) in [5.74, 6) is 0. The molecule has 2 unspecified atom stereocenters. The van der Waals surface area contributed by atoms with E-state index in [1.54, 1.807) is 0 Å². The molecular weight excluding hydrogens is 248 g/mol. The number of nitrogens with one attached hydrogen (secondary N) is 1. The van der Waals surface area contributed by atoms with Crippen molar-refractivity contribution in [2.75, 3.05) is 13.1 Å². The first-order valence-electron chi connectivity index (χ1n) is 7.82. The molecule has 0 radical (unpaired) electrons. The molecule has 2 rings (SSSR count). The standard InChI is InChI=1S/C16H30N4/c1-13(2)20-8-6-14(10-20)18-15(16(3,4)5)11-19-9-7-17-12-19/h7,9,12-15,18H,6,8,10-11H2,1-5H3. The smallest absolute Gasteiger partial charge is 0.0946 e. The Hall–Kier alpha value is -0.870. The van der Waals surface area contributed by atoms with Gasteiger partial charge in [-0.3, -0.25) is 4.90 Å². The average Bonchev–Trinajstić information content (AvgIpc) is 2.97. The van der Waals surface area contributed by atoms with Crippen LogP contribution < -0.4 is 5.32 Å². The molecule has 1 saturated heterocycles. The van der Waals surface area contributed by atoms with Gasteiger partial charge in [0.25, 0.3) is 0 Å². The third-order valence-corrected chi connectivity index (χ3v) is 4.38. The molecule has 20 heavy (non-hydrogen) atoms. The quantitative estimate of drug-likeness (QED) is 0.897. The van der Waals surface area contributed by atoms with Crippen LogP contribution in [0.25, 0.3) is 0 Å². The van der Waals surface area contributed by atoms with Gasteiger partial charge in [-0.15, -0.1) is 0 Å². The summed E-state index contributed by atoms with van der Waals surface area (Å²) >= 11 is 0. The van der Waals surface area contributed by atoms with E-state index in [4.69, 9.17) is 0 Å². The number of hydrogen-bond acceptors (Lipinski definition) is 3. The molecule has 1 N–H and O–H groups in total. The van der Waals surface area contributed by atoms with Gasteiger partial charge in [0.15, 0.2) is 0 Å². The minimum absolute atomic E-state index is 0.246. The van der Waals surface area contributed by atoms with Crippen LogP contribution in [0.4, 0.5) is 0 Å². The molecule has 0 bridgehead atoms. The Morgan fingerprint density at radius 3 is 2.60 bits per heavy atom. The highest BCUT2D eigenvalue weighted by Gasteiger charge is 2.31. The molecule has 114 valence electrons. The van der Waals surface area contributed by atoms with E-state index in [0.717, 1.165) is 6.54 Å². The number of imidazole rings is 1. The molecule has 1 aromatic heterocycles. The molecule has 0 aliphatic carbocycles. The molecule has 0 saturated carbocycles. The van der Waals surface area contributed by atoms with E-state index in [1.165, 1.54) is 19.5 Å². The maximum absolute atomic E-state index is 4.15. The van der Waals surface area contributed by atoms with Gasteiger partial charge in [0.05, 0.1) is 6.33 Å². The zero-order valence-corrected chi connectivity index (χ0v) is 13.6. The monoisotopic (exact) mass is 278 g/mol. The van der Waals surface area contributed by atoms with Crippen molar-refractivity contribution in [3.8, 4) is 0 Å². The van der Waals surface area contributed by atoms with Crippen molar-refractivity contribution >= 4 is 0 Å². The first-order chi connectivity index (χ1) is 9.36. The highest BCUT2D eigenvalue weighted by Crippen LogP contribution is 2.23. The van der Waals surface area contributed by atoms with E-state index in [0.29, 0.717) is 18.1 Å². The van der Waals surface area contributed by atoms with Crippen LogP contribution in [0.3, 0.4) is 0 Å². The molecule has 2 atom stereocenters. The van der Waals surface area contributed by atoms with Gasteiger partial charge in [0.2, 0.25) is 0 Å². The Bertz CT molecular complexity index is 391. The van der Waals surface area contributed by atoms with Crippen molar-refractivity contribution in [2.45, 2.75) is 65.7 Å². The second kappa shape index (κ2) is 6.27. The lowest BCUT2D eigenvalue weighted by molar-refractivity contribution is 0.212. The molecule has 2 heterocycles. The number of likely N-dealkylation sites (tertiary alicyclic amines) is 1. The lowest BCUT2D eigenvalue weighted by Crippen LogP contribution is -2.49. The van der Waals surface area contributed by atoms with Crippen LogP contribution >= 0.6 is 0 Å². The van der Waals surface area contributed by atoms with Crippen LogP contribution in [0.2, 0.25) is 0 Å². The van der Waals surface area contributed by atoms with Gasteiger partial charge in [-0.1, -0.05) is 20.8 Å². The first kappa shape index (κ1) is 15.5. The van der Waals surface area contributed by atoms with E-state index in [-0.39, 0.29) is 5.41 Å². The molecular formula is C16H30N4. The van der Waals surface area contributed by atoms with Crippen molar-refractivity contribution < 1.29 is 0 Å². The molecule has 0 spiro atoms. The van der Waals surface area contributed by atoms with Gasteiger partial charge >= 0.3 is 0 Å². The Labute approximate surface area is 123 Å². The fourth-order valence-corrected chi connectivity index (χ4v) is 2.86. The largest absolute Gasteiger partial charge is 0.336 e. The summed E-state index contributed by atoms with van der Waals surface area (Å²) in [6.45, 7) is 14.9. The second-order valence-electron chi connectivity index (χ2n) is 7.42. The summed E-state index contributed by atoms with van der Waals surface area (Å²) in [7, 11) is 0. The highest BCUT2D eigenvalue weighted by molar-refractivity contribution is 4.90. The highest BCUT2D eigenvalue weighted by atomic mass is 15.2. The lowest BCUT2D eigenvalue weighted by atomic mass is 9.86. The average molecular weight is 278 g/mol. The molecule has 0 aromatic carbocycles. The van der Waals surface area contributed by atoms with Crippen molar-refractivity contribution in [2.24, 2.45) is 5.41 Å². The zero-order chi connectivity index (χ0) is 14.8.